The van der Waals surface area contributed by atoms with Crippen molar-refractivity contribution >= 4 is 35.3 Å². The number of hydrogen-bond donors (Lipinski definition) is 3. The molecule has 1 aliphatic heterocycles. The normalized spacial score (nSPS) is 19.5. The third-order valence-electron chi connectivity index (χ3n) is 3.93. The second-order valence-corrected chi connectivity index (χ2v) is 6.63. The fraction of sp³-hybridized carbons (Fsp3) is 0.500. The highest BCUT2D eigenvalue weighted by Gasteiger charge is 2.39. The van der Waals surface area contributed by atoms with Crippen LogP contribution in [0.25, 0.3) is 0 Å². The molecule has 0 aliphatic carbocycles. The molecule has 0 unspecified atom stereocenters. The lowest BCUT2D eigenvalue weighted by Crippen LogP contribution is -2.46. The first-order chi connectivity index (χ1) is 12.0. The number of nitrogens with zero attached hydrogens (tertiary/aromatic N) is 2. The Labute approximate surface area is 150 Å². The standard InChI is InChI=1S/C16H23N5O3S/c1-3-18-16(24)12-6-11(8-21(12)14(22)9-25-2)20-15(23)10-4-5-13(17)19-7-10/h4-5,7,11-12H,3,6,8-9H2,1-2H3,(H2,17,19)(H,18,24)(H,20,23)/t11-,12+/m1/s1. The minimum absolute atomic E-state index is 0.102. The number of aromatic nitrogens is 1. The molecule has 136 valence electrons. The van der Waals surface area contributed by atoms with E-state index in [0.29, 0.717) is 36.6 Å². The van der Waals surface area contributed by atoms with Gasteiger partial charge in [0.05, 0.1) is 11.3 Å². The zero-order valence-corrected chi connectivity index (χ0v) is 15.1. The third-order valence-corrected chi connectivity index (χ3v) is 4.46. The van der Waals surface area contributed by atoms with E-state index in [1.54, 1.807) is 17.0 Å². The zero-order chi connectivity index (χ0) is 18.4. The van der Waals surface area contributed by atoms with Crippen molar-refractivity contribution in [3.8, 4) is 0 Å². The van der Waals surface area contributed by atoms with Crippen molar-refractivity contribution in [2.75, 3.05) is 30.8 Å². The molecule has 8 nitrogen and oxygen atoms in total. The summed E-state index contributed by atoms with van der Waals surface area (Å²) in [7, 11) is 0. The average molecular weight is 365 g/mol. The van der Waals surface area contributed by atoms with Crippen LogP contribution in [0.15, 0.2) is 18.3 Å². The summed E-state index contributed by atoms with van der Waals surface area (Å²) in [5.74, 6) is 0.0460. The molecular formula is C16H23N5O3S. The van der Waals surface area contributed by atoms with E-state index in [9.17, 15) is 14.4 Å². The van der Waals surface area contributed by atoms with Crippen LogP contribution in [0.2, 0.25) is 0 Å². The van der Waals surface area contributed by atoms with E-state index >= 15 is 0 Å². The molecule has 25 heavy (non-hydrogen) atoms. The van der Waals surface area contributed by atoms with E-state index in [0.717, 1.165) is 0 Å². The summed E-state index contributed by atoms with van der Waals surface area (Å²) in [6.07, 6.45) is 3.63. The lowest BCUT2D eigenvalue weighted by molar-refractivity contribution is -0.136. The quantitative estimate of drug-likeness (QED) is 0.646. The van der Waals surface area contributed by atoms with Gasteiger partial charge >= 0.3 is 0 Å². The van der Waals surface area contributed by atoms with Crippen LogP contribution in [-0.2, 0) is 9.59 Å². The molecule has 0 saturated carbocycles. The minimum atomic E-state index is -0.561. The number of nitrogens with two attached hydrogens (primary N) is 1. The molecule has 1 saturated heterocycles. The number of likely N-dealkylation sites (N-methyl/N-ethyl adjacent to an activating group) is 1. The smallest absolute Gasteiger partial charge is 0.253 e. The van der Waals surface area contributed by atoms with Crippen molar-refractivity contribution in [1.29, 1.82) is 0 Å². The maximum atomic E-state index is 12.3. The molecule has 0 aromatic carbocycles. The summed E-state index contributed by atoms with van der Waals surface area (Å²) in [5.41, 5.74) is 5.90. The van der Waals surface area contributed by atoms with Crippen molar-refractivity contribution < 1.29 is 14.4 Å². The van der Waals surface area contributed by atoms with E-state index in [2.05, 4.69) is 15.6 Å². The Kier molecular flexibility index (Phi) is 6.63. The van der Waals surface area contributed by atoms with Crippen molar-refractivity contribution in [3.05, 3.63) is 23.9 Å². The molecule has 0 spiro atoms. The van der Waals surface area contributed by atoms with Crippen LogP contribution in [0.4, 0.5) is 5.82 Å². The maximum Gasteiger partial charge on any atom is 0.253 e. The summed E-state index contributed by atoms with van der Waals surface area (Å²) in [4.78, 5) is 42.3. The molecule has 0 radical (unpaired) electrons. The second-order valence-electron chi connectivity index (χ2n) is 5.77. The first-order valence-corrected chi connectivity index (χ1v) is 9.44. The number of anilines is 1. The average Bonchev–Trinajstić information content (AvgIpc) is 3.00. The Morgan fingerprint density at radius 2 is 2.16 bits per heavy atom. The van der Waals surface area contributed by atoms with Gasteiger partial charge in [-0.25, -0.2) is 4.98 Å². The van der Waals surface area contributed by atoms with Gasteiger partial charge in [0, 0.05) is 25.3 Å². The second kappa shape index (κ2) is 8.70. The number of rotatable bonds is 6. The largest absolute Gasteiger partial charge is 0.384 e. The Balaban J connectivity index is 2.06. The van der Waals surface area contributed by atoms with Gasteiger partial charge in [-0.1, -0.05) is 0 Å². The number of carbonyl (C=O) groups excluding carboxylic acids is 3. The SMILES string of the molecule is CCNC(=O)[C@@H]1C[C@@H](NC(=O)c2ccc(N)nc2)CN1C(=O)CSC. The van der Waals surface area contributed by atoms with E-state index in [4.69, 9.17) is 5.73 Å². The Morgan fingerprint density at radius 3 is 2.76 bits per heavy atom. The highest BCUT2D eigenvalue weighted by Crippen LogP contribution is 2.20. The molecule has 2 rings (SSSR count). The van der Waals surface area contributed by atoms with Crippen molar-refractivity contribution in [2.45, 2.75) is 25.4 Å². The molecule has 4 N–H and O–H groups in total. The monoisotopic (exact) mass is 365 g/mol. The molecule has 3 amide bonds. The predicted octanol–water partition coefficient (Wildman–Crippen LogP) is -0.138. The lowest BCUT2D eigenvalue weighted by Gasteiger charge is -2.23. The predicted molar refractivity (Wildman–Crippen MR) is 97.1 cm³/mol. The first kappa shape index (κ1) is 19.0. The highest BCUT2D eigenvalue weighted by atomic mass is 32.2. The maximum absolute atomic E-state index is 12.3. The van der Waals surface area contributed by atoms with Crippen LogP contribution in [0.5, 0.6) is 0 Å². The minimum Gasteiger partial charge on any atom is -0.384 e. The van der Waals surface area contributed by atoms with E-state index < -0.39 is 6.04 Å². The molecule has 2 heterocycles. The van der Waals surface area contributed by atoms with Gasteiger partial charge in [0.2, 0.25) is 11.8 Å². The van der Waals surface area contributed by atoms with Crippen LogP contribution < -0.4 is 16.4 Å². The number of nitrogens with one attached hydrogen (secondary N) is 2. The number of pyridine rings is 1. The number of carbonyl (C=O) groups is 3. The summed E-state index contributed by atoms with van der Waals surface area (Å²) < 4.78 is 0. The summed E-state index contributed by atoms with van der Waals surface area (Å²) in [5, 5.41) is 5.62. The molecule has 1 fully saturated rings. The van der Waals surface area contributed by atoms with Crippen LogP contribution in [-0.4, -0.2) is 64.8 Å². The third kappa shape index (κ3) is 4.85. The van der Waals surface area contributed by atoms with E-state index in [1.807, 2.05) is 13.2 Å². The summed E-state index contributed by atoms with van der Waals surface area (Å²) >= 11 is 1.41. The number of hydrogen-bond acceptors (Lipinski definition) is 6. The Bertz CT molecular complexity index is 611. The van der Waals surface area contributed by atoms with Gasteiger partial charge in [0.1, 0.15) is 11.9 Å². The molecule has 1 aromatic rings. The fourth-order valence-corrected chi connectivity index (χ4v) is 3.18. The van der Waals surface area contributed by atoms with Gasteiger partial charge in [0.15, 0.2) is 0 Å². The number of likely N-dealkylation sites (tertiary alicyclic amines) is 1. The van der Waals surface area contributed by atoms with Gasteiger partial charge in [-0.2, -0.15) is 11.8 Å². The summed E-state index contributed by atoms with van der Waals surface area (Å²) in [6.45, 7) is 2.64. The van der Waals surface area contributed by atoms with Gasteiger partial charge in [0.25, 0.3) is 5.91 Å². The topological polar surface area (TPSA) is 117 Å². The van der Waals surface area contributed by atoms with Crippen LogP contribution in [0.1, 0.15) is 23.7 Å². The van der Waals surface area contributed by atoms with Gasteiger partial charge in [-0.15, -0.1) is 0 Å². The Morgan fingerprint density at radius 1 is 1.40 bits per heavy atom. The highest BCUT2D eigenvalue weighted by molar-refractivity contribution is 7.99. The number of amides is 3. The van der Waals surface area contributed by atoms with E-state index in [1.165, 1.54) is 18.0 Å². The number of thioether (sulfide) groups is 1. The molecule has 2 atom stereocenters. The van der Waals surface area contributed by atoms with Gasteiger partial charge in [-0.05, 0) is 31.7 Å². The first-order valence-electron chi connectivity index (χ1n) is 8.04. The van der Waals surface area contributed by atoms with E-state index in [-0.39, 0.29) is 23.8 Å². The van der Waals surface area contributed by atoms with Crippen LogP contribution >= 0.6 is 11.8 Å². The van der Waals surface area contributed by atoms with Crippen molar-refractivity contribution in [1.82, 2.24) is 20.5 Å². The molecule has 1 aliphatic rings. The Hall–Kier alpha value is -2.29. The lowest BCUT2D eigenvalue weighted by atomic mass is 10.1. The van der Waals surface area contributed by atoms with Gasteiger partial charge < -0.3 is 21.3 Å². The molecule has 9 heteroatoms. The van der Waals surface area contributed by atoms with Crippen LogP contribution in [0, 0.1) is 0 Å². The fourth-order valence-electron chi connectivity index (χ4n) is 2.77. The van der Waals surface area contributed by atoms with Crippen LogP contribution in [0.3, 0.4) is 0 Å². The molecule has 1 aromatic heterocycles. The van der Waals surface area contributed by atoms with Crippen molar-refractivity contribution in [2.24, 2.45) is 0 Å². The molecular weight excluding hydrogens is 342 g/mol. The summed E-state index contributed by atoms with van der Waals surface area (Å²) in [6, 6.07) is 2.29. The zero-order valence-electron chi connectivity index (χ0n) is 14.3. The van der Waals surface area contributed by atoms with Gasteiger partial charge in [-0.3, -0.25) is 14.4 Å². The number of nitrogen functional groups attached to an aromatic ring is 1. The van der Waals surface area contributed by atoms with Crippen molar-refractivity contribution in [3.63, 3.8) is 0 Å². The molecule has 0 bridgehead atoms.